The van der Waals surface area contributed by atoms with Crippen LogP contribution in [0.25, 0.3) is 22.6 Å². The zero-order valence-electron chi connectivity index (χ0n) is 14.1. The van der Waals surface area contributed by atoms with Crippen LogP contribution in [0.3, 0.4) is 0 Å². The van der Waals surface area contributed by atoms with Gasteiger partial charge in [-0.3, -0.25) is 9.78 Å². The second-order valence-electron chi connectivity index (χ2n) is 5.71. The Kier molecular flexibility index (Phi) is 4.72. The molecular weight excluding hydrogens is 366 g/mol. The number of para-hydroxylation sites is 1. The monoisotopic (exact) mass is 379 g/mol. The van der Waals surface area contributed by atoms with E-state index in [1.54, 1.807) is 48.8 Å². The second-order valence-corrected chi connectivity index (χ2v) is 6.11. The summed E-state index contributed by atoms with van der Waals surface area (Å²) in [6.07, 6.45) is 3.24. The number of carbonyl (C=O) groups excluding carboxylic acids is 1. The van der Waals surface area contributed by atoms with Gasteiger partial charge in [-0.1, -0.05) is 29.8 Å². The third kappa shape index (κ3) is 3.91. The summed E-state index contributed by atoms with van der Waals surface area (Å²) in [6.45, 7) is -0.101. The molecule has 0 unspecified atom stereocenters. The first-order chi connectivity index (χ1) is 13.2. The molecule has 4 rings (SSSR count). The Hall–Kier alpha value is -3.38. The maximum atomic E-state index is 12.1. The van der Waals surface area contributed by atoms with Gasteiger partial charge in [-0.05, 0) is 30.3 Å². The molecule has 0 aliphatic rings. The minimum absolute atomic E-state index is 0.101. The molecule has 0 spiro atoms. The number of anilines is 1. The Bertz CT molecular complexity index is 1060. The van der Waals surface area contributed by atoms with Crippen molar-refractivity contribution in [2.45, 2.75) is 0 Å². The minimum atomic E-state index is -0.283. The number of carbonyl (C=O) groups is 1. The van der Waals surface area contributed by atoms with Crippen molar-refractivity contribution in [1.82, 2.24) is 9.97 Å². The highest BCUT2D eigenvalue weighted by Gasteiger charge is 2.13. The zero-order chi connectivity index (χ0) is 18.6. The van der Waals surface area contributed by atoms with Crippen molar-refractivity contribution in [3.63, 3.8) is 0 Å². The number of aromatic nitrogens is 2. The van der Waals surface area contributed by atoms with Gasteiger partial charge in [0.2, 0.25) is 5.89 Å². The SMILES string of the molecule is O=C(COc1ccccc1)Nc1ccc(Cl)c(-c2nc3cnccc3o2)c1. The highest BCUT2D eigenvalue weighted by Crippen LogP contribution is 2.32. The lowest BCUT2D eigenvalue weighted by Crippen LogP contribution is -2.20. The molecule has 2 aromatic heterocycles. The van der Waals surface area contributed by atoms with Crippen LogP contribution >= 0.6 is 11.6 Å². The Labute approximate surface area is 159 Å². The van der Waals surface area contributed by atoms with Gasteiger partial charge in [0.1, 0.15) is 11.3 Å². The number of oxazole rings is 1. The summed E-state index contributed by atoms with van der Waals surface area (Å²) in [7, 11) is 0. The van der Waals surface area contributed by atoms with Crippen LogP contribution in [0.15, 0.2) is 71.4 Å². The molecule has 0 fully saturated rings. The van der Waals surface area contributed by atoms with E-state index in [1.165, 1.54) is 0 Å². The highest BCUT2D eigenvalue weighted by molar-refractivity contribution is 6.33. The van der Waals surface area contributed by atoms with E-state index in [4.69, 9.17) is 20.8 Å². The fraction of sp³-hybridized carbons (Fsp3) is 0.0500. The molecule has 0 aliphatic heterocycles. The van der Waals surface area contributed by atoms with Gasteiger partial charge >= 0.3 is 0 Å². The predicted molar refractivity (Wildman–Crippen MR) is 103 cm³/mol. The molecule has 134 valence electrons. The van der Waals surface area contributed by atoms with Crippen LogP contribution < -0.4 is 10.1 Å². The number of nitrogens with zero attached hydrogens (tertiary/aromatic N) is 2. The van der Waals surface area contributed by atoms with Gasteiger partial charge in [0.25, 0.3) is 5.91 Å². The molecule has 1 amide bonds. The first kappa shape index (κ1) is 17.1. The fourth-order valence-corrected chi connectivity index (χ4v) is 2.72. The lowest BCUT2D eigenvalue weighted by molar-refractivity contribution is -0.118. The van der Waals surface area contributed by atoms with Crippen molar-refractivity contribution in [3.8, 4) is 17.2 Å². The first-order valence-electron chi connectivity index (χ1n) is 8.17. The van der Waals surface area contributed by atoms with Gasteiger partial charge in [0.05, 0.1) is 16.8 Å². The van der Waals surface area contributed by atoms with Crippen molar-refractivity contribution in [2.24, 2.45) is 0 Å². The molecule has 0 bridgehead atoms. The Morgan fingerprint density at radius 3 is 2.81 bits per heavy atom. The number of fused-ring (bicyclic) bond motifs is 1. The number of benzene rings is 2. The van der Waals surface area contributed by atoms with Crippen LogP contribution in [0, 0.1) is 0 Å². The van der Waals surface area contributed by atoms with Crippen LogP contribution in [0.5, 0.6) is 5.75 Å². The maximum Gasteiger partial charge on any atom is 0.262 e. The Balaban J connectivity index is 1.51. The summed E-state index contributed by atoms with van der Waals surface area (Å²) in [5, 5.41) is 3.24. The van der Waals surface area contributed by atoms with Gasteiger partial charge in [-0.15, -0.1) is 0 Å². The maximum absolute atomic E-state index is 12.1. The lowest BCUT2D eigenvalue weighted by atomic mass is 10.2. The van der Waals surface area contributed by atoms with Crippen LogP contribution in [-0.2, 0) is 4.79 Å². The molecule has 0 atom stereocenters. The summed E-state index contributed by atoms with van der Waals surface area (Å²) in [6, 6.07) is 16.0. The van der Waals surface area contributed by atoms with Crippen LogP contribution in [0.4, 0.5) is 5.69 Å². The number of amides is 1. The van der Waals surface area contributed by atoms with Crippen LogP contribution in [-0.4, -0.2) is 22.5 Å². The predicted octanol–water partition coefficient (Wildman–Crippen LogP) is 4.56. The lowest BCUT2D eigenvalue weighted by Gasteiger charge is -2.09. The molecule has 1 N–H and O–H groups in total. The number of hydrogen-bond acceptors (Lipinski definition) is 5. The minimum Gasteiger partial charge on any atom is -0.484 e. The quantitative estimate of drug-likeness (QED) is 0.550. The van der Waals surface area contributed by atoms with Crippen molar-refractivity contribution in [3.05, 3.63) is 72.0 Å². The van der Waals surface area contributed by atoms with Crippen molar-refractivity contribution in [2.75, 3.05) is 11.9 Å². The Morgan fingerprint density at radius 1 is 1.15 bits per heavy atom. The summed E-state index contributed by atoms with van der Waals surface area (Å²) >= 11 is 6.28. The van der Waals surface area contributed by atoms with Crippen LogP contribution in [0.2, 0.25) is 5.02 Å². The molecule has 0 aliphatic carbocycles. The molecular formula is C20H14ClN3O3. The molecule has 4 aromatic rings. The summed E-state index contributed by atoms with van der Waals surface area (Å²) in [4.78, 5) is 20.6. The third-order valence-electron chi connectivity index (χ3n) is 3.78. The topological polar surface area (TPSA) is 77.2 Å². The van der Waals surface area contributed by atoms with Crippen molar-refractivity contribution >= 4 is 34.3 Å². The normalized spacial score (nSPS) is 10.7. The summed E-state index contributed by atoms with van der Waals surface area (Å²) in [5.41, 5.74) is 2.39. The van der Waals surface area contributed by atoms with E-state index in [0.717, 1.165) is 0 Å². The second kappa shape index (κ2) is 7.47. The molecule has 0 radical (unpaired) electrons. The largest absolute Gasteiger partial charge is 0.484 e. The Morgan fingerprint density at radius 2 is 2.00 bits per heavy atom. The van der Waals surface area contributed by atoms with Gasteiger partial charge in [-0.2, -0.15) is 0 Å². The molecule has 0 saturated carbocycles. The number of pyridine rings is 1. The van der Waals surface area contributed by atoms with E-state index in [1.807, 2.05) is 18.2 Å². The van der Waals surface area contributed by atoms with Gasteiger partial charge < -0.3 is 14.5 Å². The number of halogens is 1. The zero-order valence-corrected chi connectivity index (χ0v) is 14.8. The highest BCUT2D eigenvalue weighted by atomic mass is 35.5. The van der Waals surface area contributed by atoms with Crippen molar-refractivity contribution in [1.29, 1.82) is 0 Å². The molecule has 2 aromatic carbocycles. The molecule has 27 heavy (non-hydrogen) atoms. The number of rotatable bonds is 5. The standard InChI is InChI=1S/C20H14ClN3O3/c21-16-7-6-13(23-19(25)12-26-14-4-2-1-3-5-14)10-15(16)20-24-17-11-22-9-8-18(17)27-20/h1-11H,12H2,(H,23,25). The van der Waals surface area contributed by atoms with Crippen LogP contribution in [0.1, 0.15) is 0 Å². The summed E-state index contributed by atoms with van der Waals surface area (Å²) < 4.78 is 11.2. The average molecular weight is 380 g/mol. The van der Waals surface area contributed by atoms with Gasteiger partial charge in [0.15, 0.2) is 12.2 Å². The molecule has 0 saturated heterocycles. The number of nitrogens with one attached hydrogen (secondary N) is 1. The molecule has 6 nitrogen and oxygen atoms in total. The van der Waals surface area contributed by atoms with Gasteiger partial charge in [0, 0.05) is 18.0 Å². The van der Waals surface area contributed by atoms with E-state index in [0.29, 0.717) is 39.0 Å². The average Bonchev–Trinajstić information content (AvgIpc) is 3.13. The van der Waals surface area contributed by atoms with E-state index < -0.39 is 0 Å². The first-order valence-corrected chi connectivity index (χ1v) is 8.55. The molecule has 7 heteroatoms. The van der Waals surface area contributed by atoms with E-state index in [2.05, 4.69) is 15.3 Å². The van der Waals surface area contributed by atoms with E-state index >= 15 is 0 Å². The van der Waals surface area contributed by atoms with Crippen molar-refractivity contribution < 1.29 is 13.9 Å². The number of hydrogen-bond donors (Lipinski definition) is 1. The van der Waals surface area contributed by atoms with E-state index in [9.17, 15) is 4.79 Å². The molecule has 2 heterocycles. The summed E-state index contributed by atoms with van der Waals surface area (Å²) in [5.74, 6) is 0.707. The smallest absolute Gasteiger partial charge is 0.262 e. The third-order valence-corrected chi connectivity index (χ3v) is 4.11. The van der Waals surface area contributed by atoms with Gasteiger partial charge in [-0.25, -0.2) is 4.98 Å². The van der Waals surface area contributed by atoms with E-state index in [-0.39, 0.29) is 12.5 Å². The number of ether oxygens (including phenoxy) is 1. The fourth-order valence-electron chi connectivity index (χ4n) is 2.52.